The van der Waals surface area contributed by atoms with Crippen LogP contribution in [-0.4, -0.2) is 5.11 Å². The van der Waals surface area contributed by atoms with Crippen LogP contribution in [0.3, 0.4) is 0 Å². The average Bonchev–Trinajstić information content (AvgIpc) is 2.19. The molecule has 0 amide bonds. The number of halogens is 1. The number of phenolic OH excluding ortho intramolecular Hbond substituents is 1. The fourth-order valence-corrected chi connectivity index (χ4v) is 1.69. The van der Waals surface area contributed by atoms with Crippen molar-refractivity contribution >= 4 is 22.6 Å². The Balaban J connectivity index is 2.44. The molecule has 1 nitrogen and oxygen atoms in total. The van der Waals surface area contributed by atoms with Gasteiger partial charge >= 0.3 is 0 Å². The first kappa shape index (κ1) is 9.52. The van der Waals surface area contributed by atoms with E-state index >= 15 is 0 Å². The Morgan fingerprint density at radius 1 is 0.857 bits per heavy atom. The summed E-state index contributed by atoms with van der Waals surface area (Å²) in [5, 5.41) is 9.33. The molecular formula is C12H9IO. The van der Waals surface area contributed by atoms with Crippen molar-refractivity contribution in [1.82, 2.24) is 0 Å². The van der Waals surface area contributed by atoms with E-state index in [1.807, 2.05) is 12.1 Å². The van der Waals surface area contributed by atoms with Crippen LogP contribution in [0.4, 0.5) is 0 Å². The summed E-state index contributed by atoms with van der Waals surface area (Å²) in [6, 6.07) is 15.5. The van der Waals surface area contributed by atoms with E-state index in [1.165, 1.54) is 3.57 Å². The third-order valence-electron chi connectivity index (χ3n) is 2.02. The lowest BCUT2D eigenvalue weighted by atomic mass is 10.1. The molecule has 0 unspecified atom stereocenters. The monoisotopic (exact) mass is 296 g/mol. The molecule has 0 saturated heterocycles. The highest BCUT2D eigenvalue weighted by molar-refractivity contribution is 14.1. The summed E-state index contributed by atoms with van der Waals surface area (Å²) >= 11 is 2.27. The summed E-state index contributed by atoms with van der Waals surface area (Å²) < 4.78 is 1.21. The summed E-state index contributed by atoms with van der Waals surface area (Å²) in [6.45, 7) is 0. The van der Waals surface area contributed by atoms with Gasteiger partial charge in [0.25, 0.3) is 0 Å². The van der Waals surface area contributed by atoms with Gasteiger partial charge in [-0.1, -0.05) is 24.3 Å². The Labute approximate surface area is 96.5 Å². The van der Waals surface area contributed by atoms with Crippen LogP contribution in [0.5, 0.6) is 5.75 Å². The van der Waals surface area contributed by atoms with Gasteiger partial charge in [-0.05, 0) is 58.0 Å². The topological polar surface area (TPSA) is 20.2 Å². The molecule has 0 bridgehead atoms. The van der Waals surface area contributed by atoms with Crippen molar-refractivity contribution in [2.75, 3.05) is 0 Å². The fourth-order valence-electron chi connectivity index (χ4n) is 1.33. The molecule has 0 saturated carbocycles. The van der Waals surface area contributed by atoms with E-state index in [2.05, 4.69) is 46.9 Å². The highest BCUT2D eigenvalue weighted by Gasteiger charge is 1.97. The summed E-state index contributed by atoms with van der Waals surface area (Å²) in [5.74, 6) is 0.307. The standard InChI is InChI=1S/C12H9IO/c13-11-6-4-9(5-7-11)10-2-1-3-12(14)8-10/h1-8,14H. The summed E-state index contributed by atoms with van der Waals surface area (Å²) in [4.78, 5) is 0. The smallest absolute Gasteiger partial charge is 0.116 e. The van der Waals surface area contributed by atoms with E-state index < -0.39 is 0 Å². The van der Waals surface area contributed by atoms with Crippen molar-refractivity contribution in [3.05, 3.63) is 52.1 Å². The number of benzene rings is 2. The van der Waals surface area contributed by atoms with Crippen LogP contribution >= 0.6 is 22.6 Å². The second-order valence-corrected chi connectivity index (χ2v) is 4.30. The second kappa shape index (κ2) is 4.00. The zero-order valence-corrected chi connectivity index (χ0v) is 9.60. The molecule has 2 heteroatoms. The SMILES string of the molecule is Oc1cccc(-c2ccc(I)cc2)c1. The Morgan fingerprint density at radius 2 is 1.57 bits per heavy atom. The predicted octanol–water partition coefficient (Wildman–Crippen LogP) is 3.66. The molecular weight excluding hydrogens is 287 g/mol. The van der Waals surface area contributed by atoms with Gasteiger partial charge in [0.1, 0.15) is 5.75 Å². The maximum Gasteiger partial charge on any atom is 0.116 e. The number of rotatable bonds is 1. The Bertz CT molecular complexity index is 434. The van der Waals surface area contributed by atoms with E-state index in [0.717, 1.165) is 11.1 Å². The minimum absolute atomic E-state index is 0.307. The lowest BCUT2D eigenvalue weighted by molar-refractivity contribution is 0.475. The number of hydrogen-bond donors (Lipinski definition) is 1. The number of hydrogen-bond acceptors (Lipinski definition) is 1. The zero-order chi connectivity index (χ0) is 9.97. The van der Waals surface area contributed by atoms with Crippen molar-refractivity contribution in [1.29, 1.82) is 0 Å². The molecule has 0 spiro atoms. The van der Waals surface area contributed by atoms with Crippen molar-refractivity contribution in [3.63, 3.8) is 0 Å². The van der Waals surface area contributed by atoms with Crippen LogP contribution in [0.1, 0.15) is 0 Å². The van der Waals surface area contributed by atoms with Crippen molar-refractivity contribution in [3.8, 4) is 16.9 Å². The fraction of sp³-hybridized carbons (Fsp3) is 0. The molecule has 0 aliphatic rings. The minimum Gasteiger partial charge on any atom is -0.508 e. The van der Waals surface area contributed by atoms with Gasteiger partial charge in [0.2, 0.25) is 0 Å². The second-order valence-electron chi connectivity index (χ2n) is 3.06. The van der Waals surface area contributed by atoms with E-state index in [0.29, 0.717) is 5.75 Å². The first-order valence-electron chi connectivity index (χ1n) is 4.31. The molecule has 0 aliphatic carbocycles. The molecule has 70 valence electrons. The van der Waals surface area contributed by atoms with Crippen LogP contribution in [0.15, 0.2) is 48.5 Å². The molecule has 1 N–H and O–H groups in total. The normalized spacial score (nSPS) is 10.1. The quantitative estimate of drug-likeness (QED) is 0.796. The molecule has 0 aliphatic heterocycles. The lowest BCUT2D eigenvalue weighted by Crippen LogP contribution is -1.77. The van der Waals surface area contributed by atoms with Crippen LogP contribution in [0.2, 0.25) is 0 Å². The average molecular weight is 296 g/mol. The van der Waals surface area contributed by atoms with Crippen LogP contribution in [-0.2, 0) is 0 Å². The van der Waals surface area contributed by atoms with Gasteiger partial charge in [-0.3, -0.25) is 0 Å². The van der Waals surface area contributed by atoms with Gasteiger partial charge in [-0.15, -0.1) is 0 Å². The van der Waals surface area contributed by atoms with Gasteiger partial charge < -0.3 is 5.11 Å². The first-order valence-corrected chi connectivity index (χ1v) is 5.38. The van der Waals surface area contributed by atoms with E-state index in [9.17, 15) is 5.11 Å². The van der Waals surface area contributed by atoms with E-state index in [4.69, 9.17) is 0 Å². The summed E-state index contributed by atoms with van der Waals surface area (Å²) in [5.41, 5.74) is 2.17. The third kappa shape index (κ3) is 2.07. The minimum atomic E-state index is 0.307. The maximum absolute atomic E-state index is 9.33. The largest absolute Gasteiger partial charge is 0.508 e. The molecule has 14 heavy (non-hydrogen) atoms. The molecule has 0 radical (unpaired) electrons. The van der Waals surface area contributed by atoms with Crippen molar-refractivity contribution in [2.45, 2.75) is 0 Å². The van der Waals surface area contributed by atoms with Gasteiger partial charge in [0.15, 0.2) is 0 Å². The van der Waals surface area contributed by atoms with Crippen LogP contribution in [0, 0.1) is 3.57 Å². The van der Waals surface area contributed by atoms with Crippen LogP contribution < -0.4 is 0 Å². The summed E-state index contributed by atoms with van der Waals surface area (Å²) in [6.07, 6.45) is 0. The molecule has 2 aromatic carbocycles. The number of phenols is 1. The predicted molar refractivity (Wildman–Crippen MR) is 66.3 cm³/mol. The highest BCUT2D eigenvalue weighted by Crippen LogP contribution is 2.23. The third-order valence-corrected chi connectivity index (χ3v) is 2.74. The maximum atomic E-state index is 9.33. The zero-order valence-electron chi connectivity index (χ0n) is 7.44. The van der Waals surface area contributed by atoms with Gasteiger partial charge in [0, 0.05) is 3.57 Å². The van der Waals surface area contributed by atoms with Crippen LogP contribution in [0.25, 0.3) is 11.1 Å². The van der Waals surface area contributed by atoms with E-state index in [-0.39, 0.29) is 0 Å². The summed E-state index contributed by atoms with van der Waals surface area (Å²) in [7, 11) is 0. The first-order chi connectivity index (χ1) is 6.75. The number of aromatic hydroxyl groups is 1. The lowest BCUT2D eigenvalue weighted by Gasteiger charge is -2.01. The Hall–Kier alpha value is -1.03. The highest BCUT2D eigenvalue weighted by atomic mass is 127. The Kier molecular flexibility index (Phi) is 2.72. The van der Waals surface area contributed by atoms with Crippen molar-refractivity contribution < 1.29 is 5.11 Å². The van der Waals surface area contributed by atoms with Gasteiger partial charge in [-0.25, -0.2) is 0 Å². The van der Waals surface area contributed by atoms with Crippen molar-refractivity contribution in [2.24, 2.45) is 0 Å². The molecule has 0 heterocycles. The van der Waals surface area contributed by atoms with E-state index in [1.54, 1.807) is 12.1 Å². The molecule has 0 aromatic heterocycles. The van der Waals surface area contributed by atoms with Gasteiger partial charge in [-0.2, -0.15) is 0 Å². The molecule has 2 aromatic rings. The molecule has 2 rings (SSSR count). The molecule has 0 fully saturated rings. The Morgan fingerprint density at radius 3 is 2.21 bits per heavy atom. The van der Waals surface area contributed by atoms with Gasteiger partial charge in [0.05, 0.1) is 0 Å². The molecule has 0 atom stereocenters.